The smallest absolute Gasteiger partial charge is 0.194 e. The van der Waals surface area contributed by atoms with Gasteiger partial charge in [-0.05, 0) is 29.7 Å². The molecule has 1 heterocycles. The van der Waals surface area contributed by atoms with Crippen molar-refractivity contribution in [2.45, 2.75) is 26.7 Å². The first kappa shape index (κ1) is 11.6. The van der Waals surface area contributed by atoms with Crippen LogP contribution in [0.25, 0.3) is 0 Å². The molecule has 17 heavy (non-hydrogen) atoms. The quantitative estimate of drug-likeness (QED) is 0.748. The zero-order valence-electron chi connectivity index (χ0n) is 10.2. The third kappa shape index (κ3) is 2.84. The number of rotatable bonds is 4. The molecule has 0 amide bonds. The summed E-state index contributed by atoms with van der Waals surface area (Å²) in [4.78, 5) is 11.1. The second-order valence-electron chi connectivity index (χ2n) is 4.17. The highest BCUT2D eigenvalue weighted by molar-refractivity contribution is 5.91. The zero-order valence-corrected chi connectivity index (χ0v) is 10.2. The number of benzene rings is 1. The minimum atomic E-state index is -0.0300. The van der Waals surface area contributed by atoms with Gasteiger partial charge in [-0.25, -0.2) is 0 Å². The Labute approximate surface area is 101 Å². The molecule has 0 aliphatic carbocycles. The molecule has 88 valence electrons. The summed E-state index contributed by atoms with van der Waals surface area (Å²) >= 11 is 0. The van der Waals surface area contributed by atoms with E-state index >= 15 is 0 Å². The number of hydrogen-bond donors (Lipinski definition) is 0. The molecule has 2 rings (SSSR count). The molecule has 0 radical (unpaired) electrons. The maximum atomic E-state index is 11.1. The number of furan rings is 1. The minimum Gasteiger partial charge on any atom is -0.458 e. The summed E-state index contributed by atoms with van der Waals surface area (Å²) in [5, 5.41) is 0. The molecule has 0 bridgehead atoms. The van der Waals surface area contributed by atoms with Crippen LogP contribution in [0.15, 0.2) is 40.8 Å². The van der Waals surface area contributed by atoms with Crippen LogP contribution in [-0.2, 0) is 12.8 Å². The number of Topliss-reactive ketones (excluding diaryl/α,β-unsaturated/α-hetero) is 1. The number of hydrogen-bond acceptors (Lipinski definition) is 2. The Morgan fingerprint density at radius 2 is 1.71 bits per heavy atom. The summed E-state index contributed by atoms with van der Waals surface area (Å²) in [6.45, 7) is 3.65. The summed E-state index contributed by atoms with van der Waals surface area (Å²) in [5.41, 5.74) is 2.53. The monoisotopic (exact) mass is 228 g/mol. The maximum absolute atomic E-state index is 11.1. The number of ketones is 1. The first-order chi connectivity index (χ1) is 8.19. The lowest BCUT2D eigenvalue weighted by atomic mass is 10.1. The van der Waals surface area contributed by atoms with Crippen molar-refractivity contribution >= 4 is 5.78 Å². The molecule has 1 aromatic heterocycles. The summed E-state index contributed by atoms with van der Waals surface area (Å²) in [6, 6.07) is 12.1. The van der Waals surface area contributed by atoms with E-state index in [4.69, 9.17) is 4.42 Å². The van der Waals surface area contributed by atoms with E-state index in [1.54, 1.807) is 6.07 Å². The molecule has 2 aromatic rings. The number of carbonyl (C=O) groups excluding carboxylic acids is 1. The van der Waals surface area contributed by atoms with E-state index in [1.165, 1.54) is 18.1 Å². The van der Waals surface area contributed by atoms with E-state index < -0.39 is 0 Å². The fourth-order valence-electron chi connectivity index (χ4n) is 1.76. The summed E-state index contributed by atoms with van der Waals surface area (Å²) in [5.74, 6) is 1.24. The first-order valence-electron chi connectivity index (χ1n) is 5.86. The van der Waals surface area contributed by atoms with E-state index in [0.29, 0.717) is 5.76 Å². The van der Waals surface area contributed by atoms with Crippen LogP contribution in [0.5, 0.6) is 0 Å². The van der Waals surface area contributed by atoms with Crippen molar-refractivity contribution in [3.8, 4) is 0 Å². The average Bonchev–Trinajstić information content (AvgIpc) is 2.79. The van der Waals surface area contributed by atoms with Crippen molar-refractivity contribution in [2.75, 3.05) is 0 Å². The van der Waals surface area contributed by atoms with Gasteiger partial charge in [0.1, 0.15) is 5.76 Å². The summed E-state index contributed by atoms with van der Waals surface area (Å²) in [6.07, 6.45) is 1.78. The lowest BCUT2D eigenvalue weighted by Gasteiger charge is -2.00. The van der Waals surface area contributed by atoms with E-state index in [-0.39, 0.29) is 5.78 Å². The SMILES string of the molecule is CCc1ccc(Cc2ccc(C(C)=O)o2)cc1. The van der Waals surface area contributed by atoms with Crippen LogP contribution in [0.3, 0.4) is 0 Å². The molecule has 0 unspecified atom stereocenters. The first-order valence-corrected chi connectivity index (χ1v) is 5.86. The summed E-state index contributed by atoms with van der Waals surface area (Å²) in [7, 11) is 0. The van der Waals surface area contributed by atoms with Gasteiger partial charge in [0.05, 0.1) is 0 Å². The predicted octanol–water partition coefficient (Wildman–Crippen LogP) is 3.64. The fourth-order valence-corrected chi connectivity index (χ4v) is 1.76. The molecule has 0 aliphatic heterocycles. The van der Waals surface area contributed by atoms with Crippen LogP contribution in [0.1, 0.15) is 41.3 Å². The van der Waals surface area contributed by atoms with Gasteiger partial charge in [-0.1, -0.05) is 31.2 Å². The molecular formula is C15H16O2. The highest BCUT2D eigenvalue weighted by Crippen LogP contribution is 2.14. The van der Waals surface area contributed by atoms with E-state index in [0.717, 1.165) is 18.6 Å². The van der Waals surface area contributed by atoms with Crippen LogP contribution in [0, 0.1) is 0 Å². The van der Waals surface area contributed by atoms with Crippen LogP contribution < -0.4 is 0 Å². The number of carbonyl (C=O) groups is 1. The Bertz CT molecular complexity index is 506. The molecule has 0 N–H and O–H groups in total. The molecular weight excluding hydrogens is 212 g/mol. The van der Waals surface area contributed by atoms with Crippen LogP contribution >= 0.6 is 0 Å². The van der Waals surface area contributed by atoms with Gasteiger partial charge in [-0.3, -0.25) is 4.79 Å². The average molecular weight is 228 g/mol. The Balaban J connectivity index is 2.11. The lowest BCUT2D eigenvalue weighted by molar-refractivity contribution is 0.0985. The second-order valence-corrected chi connectivity index (χ2v) is 4.17. The molecule has 2 nitrogen and oxygen atoms in total. The zero-order chi connectivity index (χ0) is 12.3. The van der Waals surface area contributed by atoms with Crippen molar-refractivity contribution in [2.24, 2.45) is 0 Å². The lowest BCUT2D eigenvalue weighted by Crippen LogP contribution is -1.89. The molecule has 2 heteroatoms. The maximum Gasteiger partial charge on any atom is 0.194 e. The Kier molecular flexibility index (Phi) is 3.43. The topological polar surface area (TPSA) is 30.2 Å². The van der Waals surface area contributed by atoms with E-state index in [1.807, 2.05) is 6.07 Å². The van der Waals surface area contributed by atoms with Gasteiger partial charge >= 0.3 is 0 Å². The van der Waals surface area contributed by atoms with Crippen molar-refractivity contribution in [1.29, 1.82) is 0 Å². The Hall–Kier alpha value is -1.83. The molecule has 0 saturated heterocycles. The molecule has 0 aliphatic rings. The van der Waals surface area contributed by atoms with Gasteiger partial charge in [0.2, 0.25) is 0 Å². The highest BCUT2D eigenvalue weighted by Gasteiger charge is 2.06. The largest absolute Gasteiger partial charge is 0.458 e. The van der Waals surface area contributed by atoms with E-state index in [9.17, 15) is 4.79 Å². The second kappa shape index (κ2) is 5.00. The summed E-state index contributed by atoms with van der Waals surface area (Å²) < 4.78 is 5.46. The van der Waals surface area contributed by atoms with Gasteiger partial charge in [0.25, 0.3) is 0 Å². The molecule has 0 atom stereocenters. The predicted molar refractivity (Wildman–Crippen MR) is 67.3 cm³/mol. The normalized spacial score (nSPS) is 10.5. The van der Waals surface area contributed by atoms with Gasteiger partial charge < -0.3 is 4.42 Å². The Morgan fingerprint density at radius 1 is 1.06 bits per heavy atom. The van der Waals surface area contributed by atoms with Gasteiger partial charge in [0, 0.05) is 13.3 Å². The van der Waals surface area contributed by atoms with Gasteiger partial charge in [0.15, 0.2) is 11.5 Å². The Morgan fingerprint density at radius 3 is 2.24 bits per heavy atom. The van der Waals surface area contributed by atoms with Crippen LogP contribution in [-0.4, -0.2) is 5.78 Å². The van der Waals surface area contributed by atoms with Crippen molar-refractivity contribution < 1.29 is 9.21 Å². The van der Waals surface area contributed by atoms with Crippen molar-refractivity contribution in [1.82, 2.24) is 0 Å². The van der Waals surface area contributed by atoms with Crippen molar-refractivity contribution in [3.63, 3.8) is 0 Å². The van der Waals surface area contributed by atoms with Gasteiger partial charge in [-0.15, -0.1) is 0 Å². The molecule has 0 saturated carbocycles. The van der Waals surface area contributed by atoms with Gasteiger partial charge in [-0.2, -0.15) is 0 Å². The molecule has 1 aromatic carbocycles. The third-order valence-electron chi connectivity index (χ3n) is 2.82. The number of aryl methyl sites for hydroxylation is 1. The van der Waals surface area contributed by atoms with E-state index in [2.05, 4.69) is 31.2 Å². The molecule has 0 fully saturated rings. The fraction of sp³-hybridized carbons (Fsp3) is 0.267. The third-order valence-corrected chi connectivity index (χ3v) is 2.82. The standard InChI is InChI=1S/C15H16O2/c1-3-12-4-6-13(7-5-12)10-14-8-9-15(17-14)11(2)16/h4-9H,3,10H2,1-2H3. The minimum absolute atomic E-state index is 0.0300. The molecule has 0 spiro atoms. The highest BCUT2D eigenvalue weighted by atomic mass is 16.3. The van der Waals surface area contributed by atoms with Crippen molar-refractivity contribution in [3.05, 3.63) is 59.0 Å². The van der Waals surface area contributed by atoms with Crippen LogP contribution in [0.4, 0.5) is 0 Å². The van der Waals surface area contributed by atoms with Crippen LogP contribution in [0.2, 0.25) is 0 Å².